The summed E-state index contributed by atoms with van der Waals surface area (Å²) in [6.07, 6.45) is -0.380. The van der Waals surface area contributed by atoms with Gasteiger partial charge in [0.1, 0.15) is 0 Å². The highest BCUT2D eigenvalue weighted by molar-refractivity contribution is 7.91. The predicted molar refractivity (Wildman–Crippen MR) is 105 cm³/mol. The van der Waals surface area contributed by atoms with E-state index >= 15 is 0 Å². The van der Waals surface area contributed by atoms with Crippen LogP contribution in [0.3, 0.4) is 0 Å². The van der Waals surface area contributed by atoms with Crippen molar-refractivity contribution in [3.05, 3.63) is 66.2 Å². The summed E-state index contributed by atoms with van der Waals surface area (Å²) in [6.45, 7) is 1.45. The zero-order chi connectivity index (χ0) is 22.2. The monoisotopic (exact) mass is 458 g/mol. The molecule has 2 unspecified atom stereocenters. The Kier molecular flexibility index (Phi) is 5.89. The highest BCUT2D eigenvalue weighted by Gasteiger charge is 2.39. The summed E-state index contributed by atoms with van der Waals surface area (Å²) in [5, 5.41) is 0. The quantitative estimate of drug-likeness (QED) is 0.720. The molecule has 30 heavy (non-hydrogen) atoms. The number of rotatable bonds is 6. The summed E-state index contributed by atoms with van der Waals surface area (Å²) >= 11 is 0. The molecule has 2 aromatic carbocycles. The Bertz CT molecular complexity index is 1190. The fraction of sp³-hybridized carbons (Fsp3) is 0.211. The van der Waals surface area contributed by atoms with Crippen LogP contribution >= 0.6 is 0 Å². The van der Waals surface area contributed by atoms with Gasteiger partial charge in [-0.15, -0.1) is 0 Å². The van der Waals surface area contributed by atoms with Crippen LogP contribution in [0, 0.1) is 0 Å². The zero-order valence-corrected chi connectivity index (χ0v) is 17.2. The van der Waals surface area contributed by atoms with Crippen molar-refractivity contribution in [3.63, 3.8) is 0 Å². The molecule has 0 saturated heterocycles. The first-order chi connectivity index (χ1) is 13.9. The van der Waals surface area contributed by atoms with Crippen LogP contribution in [-0.2, 0) is 26.0 Å². The number of hydrogen-bond acceptors (Lipinski definition) is 5. The molecular formula is C19H17F3N2O4S2. The third kappa shape index (κ3) is 4.47. The number of nitrogens with zero attached hydrogens (tertiary/aromatic N) is 1. The highest BCUT2D eigenvalue weighted by atomic mass is 32.2. The normalized spacial score (nSPS) is 17.9. The molecular weight excluding hydrogens is 441 g/mol. The smallest absolute Gasteiger partial charge is 0.284 e. The fourth-order valence-electron chi connectivity index (χ4n) is 2.90. The van der Waals surface area contributed by atoms with Crippen molar-refractivity contribution in [2.24, 2.45) is 4.99 Å². The number of sulfonamides is 1. The van der Waals surface area contributed by atoms with Crippen LogP contribution in [0.25, 0.3) is 0 Å². The second kappa shape index (κ2) is 7.97. The van der Waals surface area contributed by atoms with E-state index in [-0.39, 0.29) is 4.90 Å². The molecule has 0 radical (unpaired) electrons. The zero-order valence-electron chi connectivity index (χ0n) is 15.5. The summed E-state index contributed by atoms with van der Waals surface area (Å²) in [7, 11) is -8.94. The summed E-state index contributed by atoms with van der Waals surface area (Å²) < 4.78 is 93.8. The van der Waals surface area contributed by atoms with Gasteiger partial charge in [-0.05, 0) is 43.3 Å². The maximum absolute atomic E-state index is 13.5. The first kappa shape index (κ1) is 22.2. The molecule has 2 aromatic rings. The highest BCUT2D eigenvalue weighted by Crippen LogP contribution is 2.36. The van der Waals surface area contributed by atoms with Crippen molar-refractivity contribution in [2.75, 3.05) is 0 Å². The van der Waals surface area contributed by atoms with Gasteiger partial charge in [-0.3, -0.25) is 4.99 Å². The fourth-order valence-corrected chi connectivity index (χ4v) is 5.79. The summed E-state index contributed by atoms with van der Waals surface area (Å²) in [4.78, 5) is 2.11. The largest absolute Gasteiger partial charge is 0.417 e. The number of allylic oxidation sites excluding steroid dienone is 1. The lowest BCUT2D eigenvalue weighted by Crippen LogP contribution is -2.39. The van der Waals surface area contributed by atoms with Crippen LogP contribution in [0.2, 0.25) is 0 Å². The van der Waals surface area contributed by atoms with Gasteiger partial charge in [0.05, 0.1) is 26.3 Å². The Balaban J connectivity index is 2.10. The number of hydrogen-bond donors (Lipinski definition) is 1. The first-order valence-electron chi connectivity index (χ1n) is 8.66. The van der Waals surface area contributed by atoms with E-state index in [1.54, 1.807) is 18.2 Å². The summed E-state index contributed by atoms with van der Waals surface area (Å²) in [6, 6.07) is 7.34. The maximum atomic E-state index is 13.5. The third-order valence-electron chi connectivity index (χ3n) is 4.42. The molecule has 2 atom stereocenters. The molecule has 1 N–H and O–H groups in total. The Morgan fingerprint density at radius 2 is 1.67 bits per heavy atom. The van der Waals surface area contributed by atoms with Crippen LogP contribution in [0.15, 0.2) is 80.4 Å². The Labute approximate surface area is 172 Å². The SMILES string of the molecule is CC(NS(=O)(=O)c1cc(S(=O)(=O)c2ccccc2)ccc1C(F)(F)F)C1C=CC=N1. The maximum Gasteiger partial charge on any atom is 0.417 e. The molecule has 0 bridgehead atoms. The van der Waals surface area contributed by atoms with E-state index in [4.69, 9.17) is 0 Å². The number of nitrogens with one attached hydrogen (secondary N) is 1. The Morgan fingerprint density at radius 1 is 1.00 bits per heavy atom. The van der Waals surface area contributed by atoms with E-state index in [1.165, 1.54) is 37.4 Å². The van der Waals surface area contributed by atoms with Gasteiger partial charge in [0, 0.05) is 12.3 Å². The molecule has 0 fully saturated rings. The van der Waals surface area contributed by atoms with E-state index in [9.17, 15) is 30.0 Å². The standard InChI is InChI=1S/C19H17F3N2O4S2/c1-13(17-8-5-11-23-17)24-30(27,28)18-12-15(9-10-16(18)19(20,21)22)29(25,26)14-6-3-2-4-7-14/h2-13,17,24H,1H3. The average molecular weight is 458 g/mol. The number of aliphatic imine (C=N–C) groups is 1. The molecule has 0 spiro atoms. The van der Waals surface area contributed by atoms with Crippen molar-refractivity contribution in [1.82, 2.24) is 4.72 Å². The number of benzene rings is 2. The third-order valence-corrected chi connectivity index (χ3v) is 7.78. The predicted octanol–water partition coefficient (Wildman–Crippen LogP) is 3.21. The molecule has 0 aromatic heterocycles. The first-order valence-corrected chi connectivity index (χ1v) is 11.6. The van der Waals surface area contributed by atoms with E-state index < -0.39 is 53.5 Å². The minimum absolute atomic E-state index is 0.167. The van der Waals surface area contributed by atoms with Gasteiger partial charge < -0.3 is 0 Å². The molecule has 1 aliphatic rings. The Morgan fingerprint density at radius 3 is 2.23 bits per heavy atom. The average Bonchev–Trinajstić information content (AvgIpc) is 3.22. The van der Waals surface area contributed by atoms with Gasteiger partial charge in [-0.25, -0.2) is 21.6 Å². The molecule has 11 heteroatoms. The van der Waals surface area contributed by atoms with Crippen molar-refractivity contribution < 1.29 is 30.0 Å². The summed E-state index contributed by atoms with van der Waals surface area (Å²) in [5.74, 6) is 0. The van der Waals surface area contributed by atoms with Crippen LogP contribution in [-0.4, -0.2) is 35.1 Å². The van der Waals surface area contributed by atoms with E-state index in [0.717, 1.165) is 6.07 Å². The van der Waals surface area contributed by atoms with Crippen molar-refractivity contribution in [1.29, 1.82) is 0 Å². The second-order valence-corrected chi connectivity index (χ2v) is 10.2. The molecule has 160 valence electrons. The van der Waals surface area contributed by atoms with Crippen LogP contribution in [0.4, 0.5) is 13.2 Å². The van der Waals surface area contributed by atoms with E-state index in [2.05, 4.69) is 9.71 Å². The topological polar surface area (TPSA) is 92.7 Å². The van der Waals surface area contributed by atoms with Crippen LogP contribution in [0.1, 0.15) is 12.5 Å². The van der Waals surface area contributed by atoms with Gasteiger partial charge in [-0.1, -0.05) is 24.3 Å². The molecule has 3 rings (SSSR count). The van der Waals surface area contributed by atoms with Crippen molar-refractivity contribution >= 4 is 26.1 Å². The molecule has 6 nitrogen and oxygen atoms in total. The minimum atomic E-state index is -5.01. The minimum Gasteiger partial charge on any atom is -0.284 e. The van der Waals surface area contributed by atoms with Gasteiger partial charge >= 0.3 is 6.18 Å². The Hall–Kier alpha value is -2.50. The van der Waals surface area contributed by atoms with E-state index in [0.29, 0.717) is 12.1 Å². The van der Waals surface area contributed by atoms with Gasteiger partial charge in [-0.2, -0.15) is 13.2 Å². The van der Waals surface area contributed by atoms with Crippen LogP contribution < -0.4 is 4.72 Å². The van der Waals surface area contributed by atoms with Crippen molar-refractivity contribution in [2.45, 2.75) is 39.9 Å². The molecule has 1 aliphatic heterocycles. The number of sulfone groups is 1. The molecule has 0 aliphatic carbocycles. The van der Waals surface area contributed by atoms with Crippen molar-refractivity contribution in [3.8, 4) is 0 Å². The summed E-state index contributed by atoms with van der Waals surface area (Å²) in [5.41, 5.74) is -1.46. The van der Waals surface area contributed by atoms with Crippen LogP contribution in [0.5, 0.6) is 0 Å². The van der Waals surface area contributed by atoms with Gasteiger partial charge in [0.25, 0.3) is 0 Å². The molecule has 0 saturated carbocycles. The van der Waals surface area contributed by atoms with Gasteiger partial charge in [0.15, 0.2) is 0 Å². The number of halogens is 3. The molecule has 0 amide bonds. The lowest BCUT2D eigenvalue weighted by molar-refractivity contribution is -0.139. The lowest BCUT2D eigenvalue weighted by Gasteiger charge is -2.20. The second-order valence-electron chi connectivity index (χ2n) is 6.56. The van der Waals surface area contributed by atoms with Gasteiger partial charge in [0.2, 0.25) is 19.9 Å². The lowest BCUT2D eigenvalue weighted by atomic mass is 10.2. The van der Waals surface area contributed by atoms with E-state index in [1.807, 2.05) is 0 Å². The number of alkyl halides is 3. The molecule has 1 heterocycles.